The summed E-state index contributed by atoms with van der Waals surface area (Å²) in [5.41, 5.74) is 1.18. The van der Waals surface area contributed by atoms with Gasteiger partial charge < -0.3 is 10.6 Å². The highest BCUT2D eigenvalue weighted by Gasteiger charge is 2.38. The van der Waals surface area contributed by atoms with E-state index in [1.807, 2.05) is 12.1 Å². The lowest BCUT2D eigenvalue weighted by atomic mass is 9.64. The van der Waals surface area contributed by atoms with Crippen LogP contribution in [0.1, 0.15) is 44.1 Å². The lowest BCUT2D eigenvalue weighted by Crippen LogP contribution is -2.45. The summed E-state index contributed by atoms with van der Waals surface area (Å²) in [5, 5.41) is 6.44. The fourth-order valence-electron chi connectivity index (χ4n) is 3.63. The van der Waals surface area contributed by atoms with E-state index >= 15 is 0 Å². The van der Waals surface area contributed by atoms with Gasteiger partial charge in [-0.2, -0.15) is 0 Å². The van der Waals surface area contributed by atoms with Gasteiger partial charge in [-0.25, -0.2) is 4.39 Å². The smallest absolute Gasteiger partial charge is 0.220 e. The molecule has 1 aliphatic heterocycles. The van der Waals surface area contributed by atoms with E-state index in [1.165, 1.54) is 25.0 Å². The van der Waals surface area contributed by atoms with Crippen LogP contribution >= 0.6 is 0 Å². The third kappa shape index (κ3) is 3.49. The zero-order chi connectivity index (χ0) is 15.4. The zero-order valence-corrected chi connectivity index (χ0v) is 13.0. The highest BCUT2D eigenvalue weighted by Crippen LogP contribution is 2.43. The SMILES string of the molecule is O=C(CCC1CCNC1)NCC1(c2ccc(F)cc2)CCC1. The van der Waals surface area contributed by atoms with Gasteiger partial charge in [-0.05, 0) is 62.4 Å². The number of hydrogen-bond donors (Lipinski definition) is 2. The second-order valence-electron chi connectivity index (χ2n) is 6.82. The van der Waals surface area contributed by atoms with Crippen LogP contribution in [-0.2, 0) is 10.2 Å². The first-order valence-electron chi connectivity index (χ1n) is 8.41. The number of hydrogen-bond acceptors (Lipinski definition) is 2. The van der Waals surface area contributed by atoms with Gasteiger partial charge in [-0.3, -0.25) is 4.79 Å². The van der Waals surface area contributed by atoms with Crippen molar-refractivity contribution in [1.29, 1.82) is 0 Å². The molecule has 2 aliphatic rings. The molecule has 1 saturated heterocycles. The molecular formula is C18H25FN2O. The van der Waals surface area contributed by atoms with Crippen molar-refractivity contribution in [3.8, 4) is 0 Å². The Hall–Kier alpha value is -1.42. The second-order valence-corrected chi connectivity index (χ2v) is 6.82. The molecule has 0 bridgehead atoms. The fourth-order valence-corrected chi connectivity index (χ4v) is 3.63. The Morgan fingerprint density at radius 2 is 2.09 bits per heavy atom. The van der Waals surface area contributed by atoms with Crippen molar-refractivity contribution < 1.29 is 9.18 Å². The van der Waals surface area contributed by atoms with E-state index in [-0.39, 0.29) is 17.1 Å². The van der Waals surface area contributed by atoms with Gasteiger partial charge in [0.25, 0.3) is 0 Å². The number of halogens is 1. The second kappa shape index (κ2) is 6.78. The van der Waals surface area contributed by atoms with Gasteiger partial charge in [0.05, 0.1) is 0 Å². The molecule has 0 aromatic heterocycles. The van der Waals surface area contributed by atoms with E-state index < -0.39 is 0 Å². The topological polar surface area (TPSA) is 41.1 Å². The van der Waals surface area contributed by atoms with Crippen LogP contribution < -0.4 is 10.6 Å². The van der Waals surface area contributed by atoms with Crippen molar-refractivity contribution in [3.63, 3.8) is 0 Å². The number of benzene rings is 1. The van der Waals surface area contributed by atoms with Gasteiger partial charge in [0, 0.05) is 18.4 Å². The first-order chi connectivity index (χ1) is 10.7. The Morgan fingerprint density at radius 3 is 2.68 bits per heavy atom. The summed E-state index contributed by atoms with van der Waals surface area (Å²) in [6, 6.07) is 6.77. The van der Waals surface area contributed by atoms with Crippen LogP contribution in [0, 0.1) is 11.7 Å². The molecule has 2 N–H and O–H groups in total. The van der Waals surface area contributed by atoms with Gasteiger partial charge in [-0.1, -0.05) is 18.6 Å². The zero-order valence-electron chi connectivity index (χ0n) is 13.0. The largest absolute Gasteiger partial charge is 0.355 e. The molecule has 120 valence electrons. The first-order valence-corrected chi connectivity index (χ1v) is 8.41. The van der Waals surface area contributed by atoms with Gasteiger partial charge in [0.2, 0.25) is 5.91 Å². The van der Waals surface area contributed by atoms with Crippen molar-refractivity contribution in [2.45, 2.75) is 43.9 Å². The average Bonchev–Trinajstić information content (AvgIpc) is 2.99. The lowest BCUT2D eigenvalue weighted by molar-refractivity contribution is -0.121. The van der Waals surface area contributed by atoms with Crippen LogP contribution in [-0.4, -0.2) is 25.5 Å². The summed E-state index contributed by atoms with van der Waals surface area (Å²) in [7, 11) is 0. The lowest BCUT2D eigenvalue weighted by Gasteiger charge is -2.42. The molecule has 1 saturated carbocycles. The molecule has 0 spiro atoms. The molecule has 4 heteroatoms. The van der Waals surface area contributed by atoms with Crippen molar-refractivity contribution in [3.05, 3.63) is 35.6 Å². The van der Waals surface area contributed by atoms with Gasteiger partial charge in [-0.15, -0.1) is 0 Å². The van der Waals surface area contributed by atoms with E-state index in [0.29, 0.717) is 18.9 Å². The van der Waals surface area contributed by atoms with Crippen LogP contribution in [0.25, 0.3) is 0 Å². The van der Waals surface area contributed by atoms with Gasteiger partial charge in [0.15, 0.2) is 0 Å². The summed E-state index contributed by atoms with van der Waals surface area (Å²) in [5.74, 6) is 0.605. The minimum atomic E-state index is -0.201. The molecule has 1 aliphatic carbocycles. The first kappa shape index (κ1) is 15.5. The Bertz CT molecular complexity index is 504. The number of carbonyl (C=O) groups is 1. The quantitative estimate of drug-likeness (QED) is 0.848. The molecule has 1 amide bonds. The fraction of sp³-hybridized carbons (Fsp3) is 0.611. The number of carbonyl (C=O) groups excluding carboxylic acids is 1. The third-order valence-electron chi connectivity index (χ3n) is 5.33. The summed E-state index contributed by atoms with van der Waals surface area (Å²) in [6.45, 7) is 2.81. The molecule has 22 heavy (non-hydrogen) atoms. The summed E-state index contributed by atoms with van der Waals surface area (Å²) in [6.07, 6.45) is 6.11. The Labute approximate surface area is 131 Å². The van der Waals surface area contributed by atoms with E-state index in [0.717, 1.165) is 37.9 Å². The van der Waals surface area contributed by atoms with E-state index in [4.69, 9.17) is 0 Å². The Morgan fingerprint density at radius 1 is 1.32 bits per heavy atom. The predicted molar refractivity (Wildman–Crippen MR) is 85.1 cm³/mol. The monoisotopic (exact) mass is 304 g/mol. The number of amides is 1. The summed E-state index contributed by atoms with van der Waals surface area (Å²) < 4.78 is 13.1. The Balaban J connectivity index is 1.50. The normalized spacial score (nSPS) is 23.0. The Kier molecular flexibility index (Phi) is 4.77. The van der Waals surface area contributed by atoms with Crippen LogP contribution in [0.3, 0.4) is 0 Å². The standard InChI is InChI=1S/C18H25FN2O/c19-16-5-3-15(4-6-16)18(9-1-10-18)13-21-17(22)7-2-14-8-11-20-12-14/h3-6,14,20H,1-2,7-13H2,(H,21,22). The van der Waals surface area contributed by atoms with E-state index in [1.54, 1.807) is 0 Å². The molecular weight excluding hydrogens is 279 g/mol. The molecule has 1 heterocycles. The molecule has 3 rings (SSSR count). The molecule has 2 fully saturated rings. The van der Waals surface area contributed by atoms with E-state index in [9.17, 15) is 9.18 Å². The highest BCUT2D eigenvalue weighted by molar-refractivity contribution is 5.76. The van der Waals surface area contributed by atoms with Crippen LogP contribution in [0.2, 0.25) is 0 Å². The van der Waals surface area contributed by atoms with Crippen LogP contribution in [0.15, 0.2) is 24.3 Å². The maximum absolute atomic E-state index is 13.1. The average molecular weight is 304 g/mol. The predicted octanol–water partition coefficient (Wildman–Crippen LogP) is 2.75. The van der Waals surface area contributed by atoms with Gasteiger partial charge >= 0.3 is 0 Å². The van der Waals surface area contributed by atoms with Crippen LogP contribution in [0.5, 0.6) is 0 Å². The van der Waals surface area contributed by atoms with Crippen molar-refractivity contribution >= 4 is 5.91 Å². The van der Waals surface area contributed by atoms with Crippen molar-refractivity contribution in [2.24, 2.45) is 5.92 Å². The molecule has 0 radical (unpaired) electrons. The minimum Gasteiger partial charge on any atom is -0.355 e. The number of nitrogens with one attached hydrogen (secondary N) is 2. The molecule has 1 atom stereocenters. The highest BCUT2D eigenvalue weighted by atomic mass is 19.1. The maximum Gasteiger partial charge on any atom is 0.220 e. The minimum absolute atomic E-state index is 0.0261. The molecule has 3 nitrogen and oxygen atoms in total. The maximum atomic E-state index is 13.1. The third-order valence-corrected chi connectivity index (χ3v) is 5.33. The number of rotatable bonds is 6. The van der Waals surface area contributed by atoms with E-state index in [2.05, 4.69) is 10.6 Å². The van der Waals surface area contributed by atoms with Gasteiger partial charge in [0.1, 0.15) is 5.82 Å². The van der Waals surface area contributed by atoms with Crippen molar-refractivity contribution in [1.82, 2.24) is 10.6 Å². The summed E-state index contributed by atoms with van der Waals surface area (Å²) in [4.78, 5) is 12.1. The molecule has 1 unspecified atom stereocenters. The van der Waals surface area contributed by atoms with Crippen LogP contribution in [0.4, 0.5) is 4.39 Å². The molecule has 1 aromatic carbocycles. The van der Waals surface area contributed by atoms with Crippen molar-refractivity contribution in [2.75, 3.05) is 19.6 Å². The molecule has 1 aromatic rings. The summed E-state index contributed by atoms with van der Waals surface area (Å²) >= 11 is 0.